The molecular formula is C20H22N6O4S. The lowest BCUT2D eigenvalue weighted by Gasteiger charge is -2.11. The molecule has 0 fully saturated rings. The fourth-order valence-corrected chi connectivity index (χ4v) is 3.70. The molecule has 0 aliphatic heterocycles. The van der Waals surface area contributed by atoms with Crippen LogP contribution in [0.3, 0.4) is 0 Å². The zero-order chi connectivity index (χ0) is 22.2. The summed E-state index contributed by atoms with van der Waals surface area (Å²) >= 11 is 1.46. The third-order valence-electron chi connectivity index (χ3n) is 4.27. The minimum Gasteiger partial charge on any atom is -0.497 e. The number of nitro benzene ring substituents is 1. The van der Waals surface area contributed by atoms with E-state index in [0.717, 1.165) is 11.3 Å². The quantitative estimate of drug-likeness (QED) is 0.296. The molecule has 11 heteroatoms. The van der Waals surface area contributed by atoms with Crippen molar-refractivity contribution >= 4 is 23.5 Å². The minimum absolute atomic E-state index is 0.00981. The molecule has 0 atom stereocenters. The van der Waals surface area contributed by atoms with Gasteiger partial charge >= 0.3 is 6.03 Å². The van der Waals surface area contributed by atoms with Crippen molar-refractivity contribution in [2.24, 2.45) is 0 Å². The molecule has 2 aromatic carbocycles. The number of amides is 2. The normalized spacial score (nSPS) is 10.5. The summed E-state index contributed by atoms with van der Waals surface area (Å²) in [5, 5.41) is 25.5. The highest BCUT2D eigenvalue weighted by Gasteiger charge is 2.16. The molecule has 31 heavy (non-hydrogen) atoms. The highest BCUT2D eigenvalue weighted by Crippen LogP contribution is 2.27. The fraction of sp³-hybridized carbons (Fsp3) is 0.250. The van der Waals surface area contributed by atoms with Gasteiger partial charge in [0.05, 0.1) is 18.6 Å². The van der Waals surface area contributed by atoms with E-state index >= 15 is 0 Å². The lowest BCUT2D eigenvalue weighted by Crippen LogP contribution is -2.35. The van der Waals surface area contributed by atoms with Gasteiger partial charge in [0.25, 0.3) is 5.69 Å². The molecule has 1 heterocycles. The van der Waals surface area contributed by atoms with Gasteiger partial charge in [-0.3, -0.25) is 14.7 Å². The number of urea groups is 1. The average Bonchev–Trinajstić information content (AvgIpc) is 3.19. The number of nitrogens with one attached hydrogen (secondary N) is 2. The van der Waals surface area contributed by atoms with Crippen LogP contribution in [0.1, 0.15) is 18.3 Å². The molecule has 0 unspecified atom stereocenters. The topological polar surface area (TPSA) is 124 Å². The van der Waals surface area contributed by atoms with E-state index in [1.807, 2.05) is 31.2 Å². The Morgan fingerprint density at radius 2 is 1.97 bits per heavy atom. The Labute approximate surface area is 183 Å². The van der Waals surface area contributed by atoms with Crippen molar-refractivity contribution in [2.75, 3.05) is 13.7 Å². The van der Waals surface area contributed by atoms with Crippen LogP contribution in [0.4, 0.5) is 10.5 Å². The van der Waals surface area contributed by atoms with Crippen molar-refractivity contribution < 1.29 is 14.5 Å². The second kappa shape index (κ2) is 10.4. The van der Waals surface area contributed by atoms with Crippen LogP contribution in [-0.4, -0.2) is 39.4 Å². The van der Waals surface area contributed by atoms with Gasteiger partial charge in [-0.2, -0.15) is 0 Å². The first-order valence-corrected chi connectivity index (χ1v) is 10.5. The van der Waals surface area contributed by atoms with Crippen LogP contribution in [0.15, 0.2) is 53.7 Å². The predicted molar refractivity (Wildman–Crippen MR) is 116 cm³/mol. The van der Waals surface area contributed by atoms with Crippen molar-refractivity contribution in [3.63, 3.8) is 0 Å². The van der Waals surface area contributed by atoms with Crippen LogP contribution >= 0.6 is 11.8 Å². The third kappa shape index (κ3) is 5.72. The number of aromatic nitrogens is 3. The Morgan fingerprint density at radius 1 is 1.19 bits per heavy atom. The summed E-state index contributed by atoms with van der Waals surface area (Å²) in [5.74, 6) is 1.89. The van der Waals surface area contributed by atoms with E-state index in [1.165, 1.54) is 23.9 Å². The van der Waals surface area contributed by atoms with Crippen LogP contribution in [0.5, 0.6) is 5.75 Å². The number of hydrogen-bond acceptors (Lipinski definition) is 7. The standard InChI is InChI=1S/C20H22N6O4S/c1-3-21-19(27)22-12-18-23-24-20(31-13-14-5-4-6-17(11-14)30-2)25(18)15-7-9-16(10-8-15)26(28)29/h4-11H,3,12-13H2,1-2H3,(H2,21,22,27). The molecule has 2 amide bonds. The largest absolute Gasteiger partial charge is 0.497 e. The van der Waals surface area contributed by atoms with Gasteiger partial charge in [0.15, 0.2) is 11.0 Å². The first kappa shape index (κ1) is 22.1. The fourth-order valence-electron chi connectivity index (χ4n) is 2.78. The molecular weight excluding hydrogens is 420 g/mol. The maximum atomic E-state index is 11.8. The Balaban J connectivity index is 1.86. The summed E-state index contributed by atoms with van der Waals surface area (Å²) < 4.78 is 7.04. The van der Waals surface area contributed by atoms with Gasteiger partial charge < -0.3 is 15.4 Å². The lowest BCUT2D eigenvalue weighted by atomic mass is 10.2. The van der Waals surface area contributed by atoms with E-state index in [1.54, 1.807) is 23.8 Å². The minimum atomic E-state index is -0.452. The van der Waals surface area contributed by atoms with Gasteiger partial charge in [-0.15, -0.1) is 10.2 Å². The van der Waals surface area contributed by atoms with E-state index < -0.39 is 4.92 Å². The number of ether oxygens (including phenoxy) is 1. The number of methoxy groups -OCH3 is 1. The molecule has 10 nitrogen and oxygen atoms in total. The van der Waals surface area contributed by atoms with Gasteiger partial charge in [-0.25, -0.2) is 4.79 Å². The highest BCUT2D eigenvalue weighted by atomic mass is 32.2. The number of hydrogen-bond donors (Lipinski definition) is 2. The molecule has 0 saturated carbocycles. The Morgan fingerprint density at radius 3 is 2.65 bits per heavy atom. The van der Waals surface area contributed by atoms with Gasteiger partial charge in [-0.1, -0.05) is 23.9 Å². The van der Waals surface area contributed by atoms with Gasteiger partial charge in [0, 0.05) is 30.1 Å². The number of thioether (sulfide) groups is 1. The van der Waals surface area contributed by atoms with E-state index in [-0.39, 0.29) is 18.3 Å². The number of nitro groups is 1. The van der Waals surface area contributed by atoms with Crippen molar-refractivity contribution in [3.05, 3.63) is 70.0 Å². The summed E-state index contributed by atoms with van der Waals surface area (Å²) in [7, 11) is 1.62. The number of rotatable bonds is 9. The van der Waals surface area contributed by atoms with Gasteiger partial charge in [0.1, 0.15) is 5.75 Å². The second-order valence-electron chi connectivity index (χ2n) is 6.36. The molecule has 0 aliphatic rings. The van der Waals surface area contributed by atoms with Gasteiger partial charge in [0.2, 0.25) is 0 Å². The van der Waals surface area contributed by atoms with E-state index in [4.69, 9.17) is 4.74 Å². The molecule has 162 valence electrons. The Bertz CT molecular complexity index is 1050. The first-order chi connectivity index (χ1) is 15.0. The number of benzene rings is 2. The van der Waals surface area contributed by atoms with Crippen LogP contribution in [0.25, 0.3) is 5.69 Å². The van der Waals surface area contributed by atoms with Crippen LogP contribution in [0.2, 0.25) is 0 Å². The van der Waals surface area contributed by atoms with E-state index in [9.17, 15) is 14.9 Å². The van der Waals surface area contributed by atoms with Crippen molar-refractivity contribution in [3.8, 4) is 11.4 Å². The molecule has 2 N–H and O–H groups in total. The van der Waals surface area contributed by atoms with Crippen molar-refractivity contribution in [1.82, 2.24) is 25.4 Å². The number of carbonyl (C=O) groups is 1. The summed E-state index contributed by atoms with van der Waals surface area (Å²) in [6.45, 7) is 2.48. The zero-order valence-electron chi connectivity index (χ0n) is 17.1. The molecule has 3 aromatic rings. The molecule has 0 bridgehead atoms. The number of carbonyl (C=O) groups excluding carboxylic acids is 1. The SMILES string of the molecule is CCNC(=O)NCc1nnc(SCc2cccc(OC)c2)n1-c1ccc([N+](=O)[O-])cc1. The third-order valence-corrected chi connectivity index (χ3v) is 5.27. The van der Waals surface area contributed by atoms with Gasteiger partial charge in [-0.05, 0) is 36.8 Å². The molecule has 0 spiro atoms. The molecule has 0 radical (unpaired) electrons. The summed E-state index contributed by atoms with van der Waals surface area (Å²) in [6.07, 6.45) is 0. The maximum absolute atomic E-state index is 11.8. The van der Waals surface area contributed by atoms with E-state index in [2.05, 4.69) is 20.8 Å². The summed E-state index contributed by atoms with van der Waals surface area (Å²) in [4.78, 5) is 22.3. The highest BCUT2D eigenvalue weighted by molar-refractivity contribution is 7.98. The monoisotopic (exact) mass is 442 g/mol. The van der Waals surface area contributed by atoms with Crippen molar-refractivity contribution in [2.45, 2.75) is 24.4 Å². The predicted octanol–water partition coefficient (Wildman–Crippen LogP) is 3.30. The molecule has 0 aliphatic carbocycles. The smallest absolute Gasteiger partial charge is 0.315 e. The first-order valence-electron chi connectivity index (χ1n) is 9.48. The Kier molecular flexibility index (Phi) is 7.44. The van der Waals surface area contributed by atoms with Crippen LogP contribution < -0.4 is 15.4 Å². The van der Waals surface area contributed by atoms with Crippen LogP contribution in [0, 0.1) is 10.1 Å². The second-order valence-corrected chi connectivity index (χ2v) is 7.30. The number of nitrogens with zero attached hydrogens (tertiary/aromatic N) is 4. The molecule has 1 aromatic heterocycles. The lowest BCUT2D eigenvalue weighted by molar-refractivity contribution is -0.384. The molecule has 3 rings (SSSR count). The van der Waals surface area contributed by atoms with Crippen LogP contribution in [-0.2, 0) is 12.3 Å². The van der Waals surface area contributed by atoms with Crippen molar-refractivity contribution in [1.29, 1.82) is 0 Å². The maximum Gasteiger partial charge on any atom is 0.315 e. The Hall–Kier alpha value is -3.60. The number of non-ortho nitro benzene ring substituents is 1. The summed E-state index contributed by atoms with van der Waals surface area (Å²) in [5.41, 5.74) is 1.70. The van der Waals surface area contributed by atoms with E-state index in [0.29, 0.717) is 29.0 Å². The molecule has 0 saturated heterocycles. The summed E-state index contributed by atoms with van der Waals surface area (Å²) in [6, 6.07) is 13.5. The average molecular weight is 443 g/mol. The zero-order valence-corrected chi connectivity index (χ0v) is 17.9.